The molecule has 0 aromatic heterocycles. The van der Waals surface area contributed by atoms with Gasteiger partial charge in [0, 0.05) is 16.6 Å². The van der Waals surface area contributed by atoms with Crippen LogP contribution in [-0.2, 0) is 10.0 Å². The highest BCUT2D eigenvalue weighted by Gasteiger charge is 2.27. The second-order valence-corrected chi connectivity index (χ2v) is 10.5. The van der Waals surface area contributed by atoms with Crippen LogP contribution in [0, 0.1) is 5.92 Å². The van der Waals surface area contributed by atoms with Crippen LogP contribution in [0.4, 0.5) is 5.69 Å². The summed E-state index contributed by atoms with van der Waals surface area (Å²) in [6, 6.07) is 10.6. The number of halogens is 2. The van der Waals surface area contributed by atoms with Crippen molar-refractivity contribution < 1.29 is 13.2 Å². The van der Waals surface area contributed by atoms with Crippen LogP contribution in [-0.4, -0.2) is 26.9 Å². The minimum absolute atomic E-state index is 0.0306. The minimum Gasteiger partial charge on any atom is -0.350 e. The Balaban J connectivity index is 2.36. The molecule has 0 aliphatic rings. The molecular weight excluding hydrogens is 455 g/mol. The van der Waals surface area contributed by atoms with Gasteiger partial charge in [0.15, 0.2) is 0 Å². The molecule has 1 amide bonds. The lowest BCUT2D eigenvalue weighted by Gasteiger charge is -2.24. The SMILES string of the molecule is C=CCN(c1ccc(Cl)cc1)S(=O)(=O)c1cc(C(=O)N[C@@H](C)CCC(C)C)ccc1Cl. The fraction of sp³-hybridized carbons (Fsp3) is 0.348. The Kier molecular flexibility index (Phi) is 8.98. The summed E-state index contributed by atoms with van der Waals surface area (Å²) in [4.78, 5) is 12.6. The van der Waals surface area contributed by atoms with E-state index in [4.69, 9.17) is 23.2 Å². The van der Waals surface area contributed by atoms with Crippen molar-refractivity contribution in [2.75, 3.05) is 10.8 Å². The Morgan fingerprint density at radius 1 is 1.10 bits per heavy atom. The van der Waals surface area contributed by atoms with Gasteiger partial charge >= 0.3 is 0 Å². The zero-order valence-electron chi connectivity index (χ0n) is 17.9. The number of anilines is 1. The van der Waals surface area contributed by atoms with Crippen LogP contribution in [0.1, 0.15) is 44.0 Å². The Hall–Kier alpha value is -2.02. The lowest BCUT2D eigenvalue weighted by molar-refractivity contribution is 0.0937. The number of carbonyl (C=O) groups is 1. The molecule has 1 N–H and O–H groups in total. The maximum Gasteiger partial charge on any atom is 0.266 e. The summed E-state index contributed by atoms with van der Waals surface area (Å²) in [7, 11) is -4.06. The molecule has 0 fully saturated rings. The van der Waals surface area contributed by atoms with Gasteiger partial charge in [0.25, 0.3) is 15.9 Å². The van der Waals surface area contributed by atoms with Gasteiger partial charge in [-0.15, -0.1) is 6.58 Å². The summed E-state index contributed by atoms with van der Waals surface area (Å²) < 4.78 is 28.0. The number of benzene rings is 2. The Morgan fingerprint density at radius 2 is 1.74 bits per heavy atom. The highest BCUT2D eigenvalue weighted by atomic mass is 35.5. The molecule has 0 aliphatic carbocycles. The average molecular weight is 483 g/mol. The number of hydrogen-bond donors (Lipinski definition) is 1. The largest absolute Gasteiger partial charge is 0.350 e. The molecule has 168 valence electrons. The van der Waals surface area contributed by atoms with Gasteiger partial charge in [-0.3, -0.25) is 9.10 Å². The van der Waals surface area contributed by atoms with Gasteiger partial charge in [-0.1, -0.05) is 43.1 Å². The number of sulfonamides is 1. The van der Waals surface area contributed by atoms with E-state index in [1.807, 2.05) is 6.92 Å². The number of hydrogen-bond acceptors (Lipinski definition) is 3. The topological polar surface area (TPSA) is 66.5 Å². The maximum atomic E-state index is 13.4. The van der Waals surface area contributed by atoms with Gasteiger partial charge in [-0.2, -0.15) is 0 Å². The van der Waals surface area contributed by atoms with Crippen LogP contribution >= 0.6 is 23.2 Å². The maximum absolute atomic E-state index is 13.4. The number of nitrogens with one attached hydrogen (secondary N) is 1. The summed E-state index contributed by atoms with van der Waals surface area (Å²) in [6.07, 6.45) is 3.30. The van der Waals surface area contributed by atoms with E-state index in [0.29, 0.717) is 16.6 Å². The van der Waals surface area contributed by atoms with E-state index in [0.717, 1.165) is 12.8 Å². The smallest absolute Gasteiger partial charge is 0.266 e. The highest BCUT2D eigenvalue weighted by molar-refractivity contribution is 7.93. The van der Waals surface area contributed by atoms with Gasteiger partial charge in [0.2, 0.25) is 0 Å². The van der Waals surface area contributed by atoms with Crippen LogP contribution < -0.4 is 9.62 Å². The number of nitrogens with zero attached hydrogens (tertiary/aromatic N) is 1. The van der Waals surface area contributed by atoms with Crippen molar-refractivity contribution in [1.29, 1.82) is 0 Å². The summed E-state index contributed by atoms with van der Waals surface area (Å²) in [5.41, 5.74) is 0.645. The molecule has 0 aliphatic heterocycles. The van der Waals surface area contributed by atoms with Crippen LogP contribution in [0.3, 0.4) is 0 Å². The van der Waals surface area contributed by atoms with Crippen LogP contribution in [0.15, 0.2) is 60.0 Å². The van der Waals surface area contributed by atoms with E-state index >= 15 is 0 Å². The average Bonchev–Trinajstić information content (AvgIpc) is 2.71. The summed E-state index contributed by atoms with van der Waals surface area (Å²) >= 11 is 12.2. The van der Waals surface area contributed by atoms with E-state index in [2.05, 4.69) is 25.7 Å². The Bertz CT molecular complexity index is 1020. The van der Waals surface area contributed by atoms with Crippen molar-refractivity contribution >= 4 is 44.8 Å². The Morgan fingerprint density at radius 3 is 2.32 bits per heavy atom. The third-order valence-corrected chi connectivity index (χ3v) is 7.25. The molecule has 0 bridgehead atoms. The molecule has 0 saturated heterocycles. The second kappa shape index (κ2) is 11.0. The minimum atomic E-state index is -4.06. The molecule has 2 aromatic carbocycles. The number of carbonyl (C=O) groups excluding carboxylic acids is 1. The number of amides is 1. The highest BCUT2D eigenvalue weighted by Crippen LogP contribution is 2.30. The van der Waals surface area contributed by atoms with E-state index < -0.39 is 10.0 Å². The fourth-order valence-corrected chi connectivity index (χ4v) is 5.06. The summed E-state index contributed by atoms with van der Waals surface area (Å²) in [5, 5.41) is 3.44. The van der Waals surface area contributed by atoms with Crippen molar-refractivity contribution in [3.8, 4) is 0 Å². The molecule has 0 saturated carbocycles. The molecule has 1 atom stereocenters. The lowest BCUT2D eigenvalue weighted by Crippen LogP contribution is -2.34. The van der Waals surface area contributed by atoms with Crippen LogP contribution in [0.25, 0.3) is 0 Å². The van der Waals surface area contributed by atoms with Crippen molar-refractivity contribution in [2.24, 2.45) is 5.92 Å². The van der Waals surface area contributed by atoms with Crippen molar-refractivity contribution in [3.63, 3.8) is 0 Å². The van der Waals surface area contributed by atoms with E-state index in [1.54, 1.807) is 24.3 Å². The standard InChI is InChI=1S/C23H28Cl2N2O3S/c1-5-14-27(20-11-9-19(24)10-12-20)31(29,30)22-15-18(8-13-21(22)25)23(28)26-17(4)7-6-16(2)3/h5,8-13,15-17H,1,6-7,14H2,2-4H3,(H,26,28)/t17-/m0/s1. The first-order chi connectivity index (χ1) is 14.6. The predicted molar refractivity (Wildman–Crippen MR) is 129 cm³/mol. The first-order valence-corrected chi connectivity index (χ1v) is 12.3. The zero-order valence-corrected chi connectivity index (χ0v) is 20.3. The third kappa shape index (κ3) is 6.73. The van der Waals surface area contributed by atoms with Gasteiger partial charge in [-0.05, 0) is 68.1 Å². The van der Waals surface area contributed by atoms with Crippen molar-refractivity contribution in [3.05, 3.63) is 70.7 Å². The molecule has 0 heterocycles. The zero-order chi connectivity index (χ0) is 23.2. The van der Waals surface area contributed by atoms with Crippen LogP contribution in [0.2, 0.25) is 10.0 Å². The van der Waals surface area contributed by atoms with Gasteiger partial charge in [0.05, 0.1) is 17.3 Å². The van der Waals surface area contributed by atoms with Crippen LogP contribution in [0.5, 0.6) is 0 Å². The molecule has 2 aromatic rings. The normalized spacial score (nSPS) is 12.5. The second-order valence-electron chi connectivity index (χ2n) is 7.79. The summed E-state index contributed by atoms with van der Waals surface area (Å²) in [5.74, 6) is 0.196. The Labute approximate surface area is 195 Å². The molecular formula is C23H28Cl2N2O3S. The third-order valence-electron chi connectivity index (χ3n) is 4.73. The molecule has 8 heteroatoms. The molecule has 0 spiro atoms. The van der Waals surface area contributed by atoms with E-state index in [9.17, 15) is 13.2 Å². The number of rotatable bonds is 10. The lowest BCUT2D eigenvalue weighted by atomic mass is 10.0. The molecule has 0 radical (unpaired) electrons. The van der Waals surface area contributed by atoms with E-state index in [-0.39, 0.29) is 34.0 Å². The quantitative estimate of drug-likeness (QED) is 0.426. The molecule has 0 unspecified atom stereocenters. The monoisotopic (exact) mass is 482 g/mol. The first kappa shape index (κ1) is 25.2. The fourth-order valence-electron chi connectivity index (χ4n) is 2.99. The molecule has 2 rings (SSSR count). The predicted octanol–water partition coefficient (Wildman–Crippen LogP) is 5.93. The van der Waals surface area contributed by atoms with Gasteiger partial charge < -0.3 is 5.32 Å². The molecule has 5 nitrogen and oxygen atoms in total. The van der Waals surface area contributed by atoms with Crippen molar-refractivity contribution in [1.82, 2.24) is 5.32 Å². The first-order valence-electron chi connectivity index (χ1n) is 10.1. The van der Waals surface area contributed by atoms with Gasteiger partial charge in [-0.25, -0.2) is 8.42 Å². The summed E-state index contributed by atoms with van der Waals surface area (Å²) in [6.45, 7) is 9.86. The van der Waals surface area contributed by atoms with E-state index in [1.165, 1.54) is 28.6 Å². The van der Waals surface area contributed by atoms with Crippen molar-refractivity contribution in [2.45, 2.75) is 44.6 Å². The molecule has 31 heavy (non-hydrogen) atoms. The van der Waals surface area contributed by atoms with Gasteiger partial charge in [0.1, 0.15) is 4.90 Å².